The predicted octanol–water partition coefficient (Wildman–Crippen LogP) is 1.34. The van der Waals surface area contributed by atoms with Crippen LogP contribution >= 0.6 is 0 Å². The topological polar surface area (TPSA) is 52.5 Å². The first-order chi connectivity index (χ1) is 6.70. The van der Waals surface area contributed by atoms with Crippen molar-refractivity contribution in [3.8, 4) is 5.75 Å². The van der Waals surface area contributed by atoms with Crippen molar-refractivity contribution < 1.29 is 10.2 Å². The van der Waals surface area contributed by atoms with E-state index < -0.39 is 0 Å². The molecule has 1 atom stereocenters. The van der Waals surface area contributed by atoms with Gasteiger partial charge in [0.1, 0.15) is 5.75 Å². The molecule has 0 radical (unpaired) electrons. The molecule has 3 N–H and O–H groups in total. The van der Waals surface area contributed by atoms with Gasteiger partial charge in [-0.05, 0) is 32.0 Å². The molecule has 0 aliphatic carbocycles. The molecule has 3 nitrogen and oxygen atoms in total. The molecular weight excluding hydrogens is 178 g/mol. The molecule has 1 rings (SSSR count). The van der Waals surface area contributed by atoms with E-state index in [1.807, 2.05) is 26.1 Å². The Bertz CT molecular complexity index is 279. The van der Waals surface area contributed by atoms with Crippen LogP contribution in [0.4, 0.5) is 0 Å². The van der Waals surface area contributed by atoms with Crippen LogP contribution in [-0.2, 0) is 0 Å². The lowest BCUT2D eigenvalue weighted by Crippen LogP contribution is -2.18. The van der Waals surface area contributed by atoms with Crippen LogP contribution in [0.3, 0.4) is 0 Å². The Morgan fingerprint density at radius 1 is 1.43 bits per heavy atom. The lowest BCUT2D eigenvalue weighted by Gasteiger charge is -2.18. The van der Waals surface area contributed by atoms with Crippen LogP contribution < -0.4 is 5.32 Å². The molecule has 0 saturated heterocycles. The van der Waals surface area contributed by atoms with Gasteiger partial charge in [0.25, 0.3) is 0 Å². The molecule has 1 aromatic carbocycles. The molecule has 0 aromatic heterocycles. The number of hydrogen-bond donors (Lipinski definition) is 3. The van der Waals surface area contributed by atoms with Gasteiger partial charge in [0, 0.05) is 18.2 Å². The van der Waals surface area contributed by atoms with Gasteiger partial charge in [0.05, 0.1) is 0 Å². The molecule has 3 heteroatoms. The summed E-state index contributed by atoms with van der Waals surface area (Å²) >= 11 is 0. The van der Waals surface area contributed by atoms with Gasteiger partial charge in [-0.3, -0.25) is 0 Å². The fourth-order valence-electron chi connectivity index (χ4n) is 1.68. The smallest absolute Gasteiger partial charge is 0.120 e. The molecule has 1 unspecified atom stereocenters. The molecule has 0 heterocycles. The van der Waals surface area contributed by atoms with Gasteiger partial charge in [-0.2, -0.15) is 0 Å². The number of aryl methyl sites for hydroxylation is 1. The number of aliphatic hydroxyl groups is 1. The van der Waals surface area contributed by atoms with Gasteiger partial charge >= 0.3 is 0 Å². The normalized spacial score (nSPS) is 12.8. The zero-order chi connectivity index (χ0) is 10.6. The maximum absolute atomic E-state index is 9.70. The van der Waals surface area contributed by atoms with Crippen LogP contribution in [0.25, 0.3) is 0 Å². The molecule has 0 spiro atoms. The van der Waals surface area contributed by atoms with Crippen molar-refractivity contribution in [1.82, 2.24) is 5.32 Å². The second-order valence-electron chi connectivity index (χ2n) is 3.36. The molecule has 14 heavy (non-hydrogen) atoms. The van der Waals surface area contributed by atoms with Crippen LogP contribution in [0.1, 0.15) is 23.6 Å². The van der Waals surface area contributed by atoms with E-state index in [0.717, 1.165) is 11.1 Å². The van der Waals surface area contributed by atoms with E-state index in [1.165, 1.54) is 0 Å². The number of benzene rings is 1. The zero-order valence-electron chi connectivity index (χ0n) is 8.62. The van der Waals surface area contributed by atoms with Crippen molar-refractivity contribution in [2.45, 2.75) is 19.4 Å². The van der Waals surface area contributed by atoms with Gasteiger partial charge in [-0.1, -0.05) is 12.1 Å². The summed E-state index contributed by atoms with van der Waals surface area (Å²) in [5, 5.41) is 21.7. The van der Waals surface area contributed by atoms with Crippen LogP contribution in [0.15, 0.2) is 18.2 Å². The minimum atomic E-state index is 0.0150. The summed E-state index contributed by atoms with van der Waals surface area (Å²) in [7, 11) is 1.83. The van der Waals surface area contributed by atoms with E-state index in [0.29, 0.717) is 6.42 Å². The number of nitrogens with one attached hydrogen (secondary N) is 1. The third kappa shape index (κ3) is 2.25. The Labute approximate surface area is 84.4 Å². The van der Waals surface area contributed by atoms with Crippen LogP contribution in [0.5, 0.6) is 5.75 Å². The average Bonchev–Trinajstić information content (AvgIpc) is 2.16. The Kier molecular flexibility index (Phi) is 3.92. The van der Waals surface area contributed by atoms with Crippen molar-refractivity contribution in [3.05, 3.63) is 29.3 Å². The summed E-state index contributed by atoms with van der Waals surface area (Å²) in [5.41, 5.74) is 1.92. The average molecular weight is 195 g/mol. The summed E-state index contributed by atoms with van der Waals surface area (Å²) in [5.74, 6) is 0.290. The quantitative estimate of drug-likeness (QED) is 0.679. The lowest BCUT2D eigenvalue weighted by atomic mass is 9.98. The van der Waals surface area contributed by atoms with E-state index >= 15 is 0 Å². The number of phenols is 1. The van der Waals surface area contributed by atoms with Crippen molar-refractivity contribution >= 4 is 0 Å². The Hall–Kier alpha value is -1.06. The maximum atomic E-state index is 9.70. The van der Waals surface area contributed by atoms with Crippen molar-refractivity contribution in [1.29, 1.82) is 0 Å². The highest BCUT2D eigenvalue weighted by atomic mass is 16.3. The third-order valence-electron chi connectivity index (χ3n) is 2.42. The molecule has 0 saturated carbocycles. The van der Waals surface area contributed by atoms with Crippen LogP contribution in [0, 0.1) is 6.92 Å². The summed E-state index contributed by atoms with van der Waals surface area (Å²) in [6.07, 6.45) is 0.606. The van der Waals surface area contributed by atoms with Gasteiger partial charge in [-0.25, -0.2) is 0 Å². The number of aromatic hydroxyl groups is 1. The van der Waals surface area contributed by atoms with Crippen molar-refractivity contribution in [3.63, 3.8) is 0 Å². The third-order valence-corrected chi connectivity index (χ3v) is 2.42. The summed E-state index contributed by atoms with van der Waals surface area (Å²) in [6, 6.07) is 5.46. The number of phenolic OH excluding ortho intramolecular Hbond substituents is 1. The largest absolute Gasteiger partial charge is 0.508 e. The van der Waals surface area contributed by atoms with Gasteiger partial charge in [0.15, 0.2) is 0 Å². The first kappa shape index (κ1) is 11.0. The van der Waals surface area contributed by atoms with Gasteiger partial charge in [-0.15, -0.1) is 0 Å². The van der Waals surface area contributed by atoms with E-state index in [2.05, 4.69) is 5.32 Å². The standard InChI is InChI=1S/C11H17NO2/c1-8-4-3-5-10(14)11(8)9(12-2)6-7-13/h3-5,9,12-14H,6-7H2,1-2H3. The number of rotatable bonds is 4. The molecule has 0 fully saturated rings. The SMILES string of the molecule is CNC(CCO)c1c(C)cccc1O. The van der Waals surface area contributed by atoms with Crippen molar-refractivity contribution in [2.75, 3.05) is 13.7 Å². The van der Waals surface area contributed by atoms with E-state index in [9.17, 15) is 5.11 Å². The predicted molar refractivity (Wildman–Crippen MR) is 56.3 cm³/mol. The Morgan fingerprint density at radius 2 is 2.14 bits per heavy atom. The molecule has 0 amide bonds. The maximum Gasteiger partial charge on any atom is 0.120 e. The lowest BCUT2D eigenvalue weighted by molar-refractivity contribution is 0.267. The highest BCUT2D eigenvalue weighted by Gasteiger charge is 2.14. The van der Waals surface area contributed by atoms with E-state index in [4.69, 9.17) is 5.11 Å². The van der Waals surface area contributed by atoms with E-state index in [-0.39, 0.29) is 18.4 Å². The highest BCUT2D eigenvalue weighted by Crippen LogP contribution is 2.28. The Morgan fingerprint density at radius 3 is 2.64 bits per heavy atom. The summed E-state index contributed by atoms with van der Waals surface area (Å²) in [4.78, 5) is 0. The van der Waals surface area contributed by atoms with Gasteiger partial charge in [0.2, 0.25) is 0 Å². The molecule has 1 aromatic rings. The number of aliphatic hydroxyl groups excluding tert-OH is 1. The van der Waals surface area contributed by atoms with Gasteiger partial charge < -0.3 is 15.5 Å². The van der Waals surface area contributed by atoms with Crippen molar-refractivity contribution in [2.24, 2.45) is 0 Å². The molecule has 0 aliphatic rings. The molecular formula is C11H17NO2. The second kappa shape index (κ2) is 4.98. The minimum absolute atomic E-state index is 0.0150. The first-order valence-electron chi connectivity index (χ1n) is 4.77. The first-order valence-corrected chi connectivity index (χ1v) is 4.77. The molecule has 0 bridgehead atoms. The van der Waals surface area contributed by atoms with Crippen LogP contribution in [0.2, 0.25) is 0 Å². The summed E-state index contributed by atoms with van der Waals surface area (Å²) in [6.45, 7) is 2.07. The van der Waals surface area contributed by atoms with E-state index in [1.54, 1.807) is 6.07 Å². The number of hydrogen-bond acceptors (Lipinski definition) is 3. The fourth-order valence-corrected chi connectivity index (χ4v) is 1.68. The molecule has 0 aliphatic heterocycles. The van der Waals surface area contributed by atoms with Crippen LogP contribution in [-0.4, -0.2) is 23.9 Å². The Balaban J connectivity index is 3.02. The summed E-state index contributed by atoms with van der Waals surface area (Å²) < 4.78 is 0. The molecule has 78 valence electrons. The zero-order valence-corrected chi connectivity index (χ0v) is 8.62. The monoisotopic (exact) mass is 195 g/mol. The minimum Gasteiger partial charge on any atom is -0.508 e. The second-order valence-corrected chi connectivity index (χ2v) is 3.36. The fraction of sp³-hybridized carbons (Fsp3) is 0.455. The highest BCUT2D eigenvalue weighted by molar-refractivity contribution is 5.40.